The molecular formula is C17H17F2NO2. The van der Waals surface area contributed by atoms with Crippen molar-refractivity contribution in [2.75, 3.05) is 13.7 Å². The maximum Gasteiger partial charge on any atom is 0.251 e. The predicted molar refractivity (Wildman–Crippen MR) is 80.1 cm³/mol. The summed E-state index contributed by atoms with van der Waals surface area (Å²) in [5.41, 5.74) is 2.17. The highest BCUT2D eigenvalue weighted by atomic mass is 19.2. The number of amides is 1. The molecule has 0 saturated carbocycles. The van der Waals surface area contributed by atoms with Gasteiger partial charge in [0.1, 0.15) is 5.75 Å². The average molecular weight is 305 g/mol. The van der Waals surface area contributed by atoms with Gasteiger partial charge in [0.15, 0.2) is 11.6 Å². The summed E-state index contributed by atoms with van der Waals surface area (Å²) in [4.78, 5) is 11.9. The first-order valence-corrected chi connectivity index (χ1v) is 6.88. The third-order valence-corrected chi connectivity index (χ3v) is 3.30. The second-order valence-corrected chi connectivity index (χ2v) is 4.95. The molecule has 0 aliphatic carbocycles. The Morgan fingerprint density at radius 1 is 1.14 bits per heavy atom. The molecule has 116 valence electrons. The van der Waals surface area contributed by atoms with E-state index < -0.39 is 17.5 Å². The van der Waals surface area contributed by atoms with Crippen molar-refractivity contribution in [3.05, 3.63) is 64.7 Å². The Kier molecular flexibility index (Phi) is 5.09. The van der Waals surface area contributed by atoms with Gasteiger partial charge in [-0.1, -0.05) is 17.7 Å². The lowest BCUT2D eigenvalue weighted by atomic mass is 10.1. The smallest absolute Gasteiger partial charge is 0.251 e. The van der Waals surface area contributed by atoms with E-state index in [4.69, 9.17) is 4.74 Å². The molecule has 0 unspecified atom stereocenters. The summed E-state index contributed by atoms with van der Waals surface area (Å²) < 4.78 is 31.2. The van der Waals surface area contributed by atoms with Crippen LogP contribution in [0.5, 0.6) is 5.75 Å². The highest BCUT2D eigenvalue weighted by molar-refractivity contribution is 5.94. The number of ether oxygens (including phenoxy) is 1. The van der Waals surface area contributed by atoms with Crippen LogP contribution in [0.15, 0.2) is 36.4 Å². The lowest BCUT2D eigenvalue weighted by molar-refractivity contribution is 0.0953. The number of halogens is 2. The van der Waals surface area contributed by atoms with Gasteiger partial charge in [-0.15, -0.1) is 0 Å². The maximum absolute atomic E-state index is 13.1. The van der Waals surface area contributed by atoms with Gasteiger partial charge in [0.05, 0.1) is 7.11 Å². The zero-order valence-electron chi connectivity index (χ0n) is 12.5. The molecule has 1 N–H and O–H groups in total. The third kappa shape index (κ3) is 3.81. The van der Waals surface area contributed by atoms with Crippen LogP contribution >= 0.6 is 0 Å². The minimum Gasteiger partial charge on any atom is -0.496 e. The van der Waals surface area contributed by atoms with Crippen molar-refractivity contribution in [3.8, 4) is 5.75 Å². The fraction of sp³-hybridized carbons (Fsp3) is 0.235. The Labute approximate surface area is 127 Å². The number of rotatable bonds is 5. The monoisotopic (exact) mass is 305 g/mol. The van der Waals surface area contributed by atoms with Crippen molar-refractivity contribution in [2.24, 2.45) is 0 Å². The van der Waals surface area contributed by atoms with Crippen LogP contribution < -0.4 is 10.1 Å². The lowest BCUT2D eigenvalue weighted by Gasteiger charge is -2.10. The van der Waals surface area contributed by atoms with Crippen molar-refractivity contribution in [1.29, 1.82) is 0 Å². The van der Waals surface area contributed by atoms with Crippen LogP contribution in [0.1, 0.15) is 21.5 Å². The number of nitrogens with one attached hydrogen (secondary N) is 1. The summed E-state index contributed by atoms with van der Waals surface area (Å²) in [5, 5.41) is 2.68. The Bertz CT molecular complexity index is 686. The molecule has 0 heterocycles. The summed E-state index contributed by atoms with van der Waals surface area (Å²) in [6.45, 7) is 2.35. The second-order valence-electron chi connectivity index (χ2n) is 4.95. The zero-order chi connectivity index (χ0) is 16.1. The van der Waals surface area contributed by atoms with Crippen LogP contribution in [-0.2, 0) is 6.42 Å². The summed E-state index contributed by atoms with van der Waals surface area (Å²) in [6, 6.07) is 8.89. The fourth-order valence-electron chi connectivity index (χ4n) is 2.15. The van der Waals surface area contributed by atoms with Gasteiger partial charge in [-0.3, -0.25) is 4.79 Å². The Morgan fingerprint density at radius 2 is 1.91 bits per heavy atom. The number of hydrogen-bond acceptors (Lipinski definition) is 2. The van der Waals surface area contributed by atoms with E-state index >= 15 is 0 Å². The van der Waals surface area contributed by atoms with E-state index in [0.717, 1.165) is 29.0 Å². The largest absolute Gasteiger partial charge is 0.496 e. The number of methoxy groups -OCH3 is 1. The summed E-state index contributed by atoms with van der Waals surface area (Å²) in [6.07, 6.45) is 0.584. The molecule has 5 heteroatoms. The first-order valence-electron chi connectivity index (χ1n) is 6.88. The molecule has 0 radical (unpaired) electrons. The average Bonchev–Trinajstić information content (AvgIpc) is 2.50. The van der Waals surface area contributed by atoms with Gasteiger partial charge in [-0.25, -0.2) is 8.78 Å². The van der Waals surface area contributed by atoms with E-state index in [1.165, 1.54) is 6.07 Å². The SMILES string of the molecule is COc1ccc(C)cc1CCNC(=O)c1ccc(F)c(F)c1. The van der Waals surface area contributed by atoms with Gasteiger partial charge in [-0.2, -0.15) is 0 Å². The number of aryl methyl sites for hydroxylation is 1. The molecule has 0 bridgehead atoms. The zero-order valence-corrected chi connectivity index (χ0v) is 12.5. The van der Waals surface area contributed by atoms with Gasteiger partial charge >= 0.3 is 0 Å². The minimum absolute atomic E-state index is 0.0927. The minimum atomic E-state index is -1.03. The van der Waals surface area contributed by atoms with Crippen LogP contribution in [0.2, 0.25) is 0 Å². The first-order chi connectivity index (χ1) is 10.5. The molecule has 1 amide bonds. The van der Waals surface area contributed by atoms with Crippen LogP contribution in [0.25, 0.3) is 0 Å². The van der Waals surface area contributed by atoms with Crippen LogP contribution in [0.4, 0.5) is 8.78 Å². The molecule has 0 saturated heterocycles. The van der Waals surface area contributed by atoms with E-state index in [0.29, 0.717) is 13.0 Å². The molecule has 2 aromatic rings. The molecule has 2 rings (SSSR count). The Morgan fingerprint density at radius 3 is 2.59 bits per heavy atom. The topological polar surface area (TPSA) is 38.3 Å². The second kappa shape index (κ2) is 7.02. The summed E-state index contributed by atoms with van der Waals surface area (Å²) >= 11 is 0. The van der Waals surface area contributed by atoms with E-state index in [1.54, 1.807) is 7.11 Å². The molecule has 0 aliphatic heterocycles. The number of carbonyl (C=O) groups is 1. The normalized spacial score (nSPS) is 10.4. The number of carbonyl (C=O) groups excluding carboxylic acids is 1. The van der Waals surface area contributed by atoms with E-state index in [2.05, 4.69) is 5.32 Å². The van der Waals surface area contributed by atoms with E-state index in [-0.39, 0.29) is 5.56 Å². The Hall–Kier alpha value is -2.43. The lowest BCUT2D eigenvalue weighted by Crippen LogP contribution is -2.26. The quantitative estimate of drug-likeness (QED) is 0.921. The number of benzene rings is 2. The van der Waals surface area contributed by atoms with E-state index in [1.807, 2.05) is 25.1 Å². The first kappa shape index (κ1) is 15.9. The van der Waals surface area contributed by atoms with Crippen molar-refractivity contribution in [1.82, 2.24) is 5.32 Å². The summed E-state index contributed by atoms with van der Waals surface area (Å²) in [5.74, 6) is -1.69. The van der Waals surface area contributed by atoms with Crippen molar-refractivity contribution in [2.45, 2.75) is 13.3 Å². The number of hydrogen-bond donors (Lipinski definition) is 1. The molecule has 0 aromatic heterocycles. The highest BCUT2D eigenvalue weighted by Crippen LogP contribution is 2.19. The van der Waals surface area contributed by atoms with Gasteiger partial charge in [-0.05, 0) is 43.2 Å². The van der Waals surface area contributed by atoms with Crippen LogP contribution in [-0.4, -0.2) is 19.6 Å². The van der Waals surface area contributed by atoms with Gasteiger partial charge in [0.25, 0.3) is 5.91 Å². The molecular weight excluding hydrogens is 288 g/mol. The molecule has 0 aliphatic rings. The standard InChI is InChI=1S/C17H17F2NO2/c1-11-3-6-16(22-2)12(9-11)7-8-20-17(21)13-4-5-14(18)15(19)10-13/h3-6,9-10H,7-8H2,1-2H3,(H,20,21). The third-order valence-electron chi connectivity index (χ3n) is 3.30. The summed E-state index contributed by atoms with van der Waals surface area (Å²) in [7, 11) is 1.59. The van der Waals surface area contributed by atoms with Crippen molar-refractivity contribution < 1.29 is 18.3 Å². The van der Waals surface area contributed by atoms with E-state index in [9.17, 15) is 13.6 Å². The molecule has 22 heavy (non-hydrogen) atoms. The van der Waals surface area contributed by atoms with Crippen molar-refractivity contribution in [3.63, 3.8) is 0 Å². The molecule has 0 atom stereocenters. The van der Waals surface area contributed by atoms with Gasteiger partial charge < -0.3 is 10.1 Å². The maximum atomic E-state index is 13.1. The fourth-order valence-corrected chi connectivity index (χ4v) is 2.15. The van der Waals surface area contributed by atoms with Crippen LogP contribution in [0, 0.1) is 18.6 Å². The Balaban J connectivity index is 1.97. The van der Waals surface area contributed by atoms with Crippen LogP contribution in [0.3, 0.4) is 0 Å². The van der Waals surface area contributed by atoms with Crippen molar-refractivity contribution >= 4 is 5.91 Å². The predicted octanol–water partition coefficient (Wildman–Crippen LogP) is 3.25. The van der Waals surface area contributed by atoms with Gasteiger partial charge in [0, 0.05) is 12.1 Å². The molecule has 2 aromatic carbocycles. The molecule has 0 fully saturated rings. The highest BCUT2D eigenvalue weighted by Gasteiger charge is 2.10. The van der Waals surface area contributed by atoms with Gasteiger partial charge in [0.2, 0.25) is 0 Å². The molecule has 0 spiro atoms. The molecule has 3 nitrogen and oxygen atoms in total.